The second kappa shape index (κ2) is 6.80. The Hall–Kier alpha value is -1.75. The van der Waals surface area contributed by atoms with E-state index in [4.69, 9.17) is 0 Å². The smallest absolute Gasteiger partial charge is 0.157 e. The number of hydrogen-bond donors (Lipinski definition) is 1. The number of aromatic nitrogens is 4. The van der Waals surface area contributed by atoms with E-state index < -0.39 is 0 Å². The van der Waals surface area contributed by atoms with Gasteiger partial charge < -0.3 is 5.32 Å². The Labute approximate surface area is 126 Å². The first kappa shape index (κ1) is 15.6. The first-order chi connectivity index (χ1) is 10.0. The van der Waals surface area contributed by atoms with Crippen LogP contribution < -0.4 is 5.32 Å². The average molecular weight is 287 g/mol. The van der Waals surface area contributed by atoms with E-state index in [0.29, 0.717) is 0 Å². The van der Waals surface area contributed by atoms with Crippen molar-refractivity contribution in [2.75, 3.05) is 13.1 Å². The van der Waals surface area contributed by atoms with Crippen LogP contribution in [0.25, 0.3) is 5.82 Å². The van der Waals surface area contributed by atoms with Crippen LogP contribution in [0.2, 0.25) is 0 Å². The molecule has 0 amide bonds. The molecule has 0 atom stereocenters. The highest BCUT2D eigenvalue weighted by molar-refractivity contribution is 5.33. The number of aryl methyl sites for hydroxylation is 3. The van der Waals surface area contributed by atoms with Crippen molar-refractivity contribution >= 4 is 0 Å². The summed E-state index contributed by atoms with van der Waals surface area (Å²) in [6.45, 7) is 12.3. The van der Waals surface area contributed by atoms with Crippen LogP contribution in [0.3, 0.4) is 0 Å². The fraction of sp³-hybridized carbons (Fsp3) is 0.562. The van der Waals surface area contributed by atoms with Gasteiger partial charge in [-0.2, -0.15) is 5.10 Å². The van der Waals surface area contributed by atoms with E-state index in [2.05, 4.69) is 41.2 Å². The normalized spacial score (nSPS) is 11.1. The summed E-state index contributed by atoms with van der Waals surface area (Å²) < 4.78 is 1.94. The molecule has 0 radical (unpaired) electrons. The summed E-state index contributed by atoms with van der Waals surface area (Å²) in [4.78, 5) is 8.83. The van der Waals surface area contributed by atoms with Crippen molar-refractivity contribution in [1.29, 1.82) is 0 Å². The van der Waals surface area contributed by atoms with E-state index in [1.165, 1.54) is 11.3 Å². The maximum atomic E-state index is 4.67. The summed E-state index contributed by atoms with van der Waals surface area (Å²) in [5.74, 6) is 1.64. The molecule has 0 saturated heterocycles. The molecule has 5 nitrogen and oxygen atoms in total. The maximum Gasteiger partial charge on any atom is 0.157 e. The quantitative estimate of drug-likeness (QED) is 0.829. The van der Waals surface area contributed by atoms with Crippen LogP contribution in [0.15, 0.2) is 6.07 Å². The highest BCUT2D eigenvalue weighted by atomic mass is 15.3. The molecule has 0 fully saturated rings. The van der Waals surface area contributed by atoms with E-state index in [1.807, 2.05) is 24.6 Å². The molecule has 0 unspecified atom stereocenters. The van der Waals surface area contributed by atoms with E-state index in [0.717, 1.165) is 49.0 Å². The summed E-state index contributed by atoms with van der Waals surface area (Å²) in [5.41, 5.74) is 4.58. The Morgan fingerprint density at radius 2 is 1.90 bits per heavy atom. The van der Waals surface area contributed by atoms with Crippen molar-refractivity contribution in [3.63, 3.8) is 0 Å². The van der Waals surface area contributed by atoms with Crippen molar-refractivity contribution in [2.45, 2.75) is 47.5 Å². The lowest BCUT2D eigenvalue weighted by Gasteiger charge is -2.07. The molecule has 2 aromatic rings. The zero-order valence-electron chi connectivity index (χ0n) is 13.7. The van der Waals surface area contributed by atoms with Gasteiger partial charge in [0.2, 0.25) is 0 Å². The molecular formula is C16H25N5. The number of hydrogen-bond acceptors (Lipinski definition) is 4. The van der Waals surface area contributed by atoms with Gasteiger partial charge in [-0.1, -0.05) is 6.92 Å². The van der Waals surface area contributed by atoms with Crippen LogP contribution in [-0.2, 0) is 6.42 Å². The van der Waals surface area contributed by atoms with Gasteiger partial charge in [-0.3, -0.25) is 0 Å². The van der Waals surface area contributed by atoms with Gasteiger partial charge in [0.1, 0.15) is 5.82 Å². The second-order valence-corrected chi connectivity index (χ2v) is 5.43. The first-order valence-electron chi connectivity index (χ1n) is 7.61. The fourth-order valence-corrected chi connectivity index (χ4v) is 2.63. The van der Waals surface area contributed by atoms with Crippen LogP contribution in [0.5, 0.6) is 0 Å². The lowest BCUT2D eigenvalue weighted by atomic mass is 10.1. The molecule has 2 aromatic heterocycles. The zero-order chi connectivity index (χ0) is 15.4. The summed E-state index contributed by atoms with van der Waals surface area (Å²) >= 11 is 0. The van der Waals surface area contributed by atoms with Crippen molar-refractivity contribution in [3.05, 3.63) is 34.5 Å². The van der Waals surface area contributed by atoms with E-state index >= 15 is 0 Å². The third-order valence-corrected chi connectivity index (χ3v) is 3.64. The summed E-state index contributed by atoms with van der Waals surface area (Å²) in [5, 5.41) is 8.03. The molecule has 5 heteroatoms. The van der Waals surface area contributed by atoms with Crippen LogP contribution in [0, 0.1) is 27.7 Å². The number of nitrogens with zero attached hydrogens (tertiary/aromatic N) is 4. The molecule has 2 heterocycles. The molecule has 21 heavy (non-hydrogen) atoms. The van der Waals surface area contributed by atoms with E-state index in [1.54, 1.807) is 0 Å². The summed E-state index contributed by atoms with van der Waals surface area (Å²) in [6.07, 6.45) is 2.18. The van der Waals surface area contributed by atoms with Crippen LogP contribution in [0.1, 0.15) is 41.8 Å². The molecule has 0 saturated carbocycles. The van der Waals surface area contributed by atoms with Gasteiger partial charge in [0.25, 0.3) is 0 Å². The topological polar surface area (TPSA) is 55.6 Å². The van der Waals surface area contributed by atoms with Crippen LogP contribution >= 0.6 is 0 Å². The lowest BCUT2D eigenvalue weighted by Crippen LogP contribution is -2.14. The van der Waals surface area contributed by atoms with Gasteiger partial charge in [0, 0.05) is 17.5 Å². The third kappa shape index (κ3) is 3.67. The molecule has 0 spiro atoms. The molecule has 1 N–H and O–H groups in total. The van der Waals surface area contributed by atoms with Gasteiger partial charge in [-0.25, -0.2) is 14.6 Å². The van der Waals surface area contributed by atoms with E-state index in [9.17, 15) is 0 Å². The van der Waals surface area contributed by atoms with Crippen molar-refractivity contribution in [2.24, 2.45) is 0 Å². The average Bonchev–Trinajstić information content (AvgIpc) is 2.70. The molecule has 0 aliphatic heterocycles. The maximum absolute atomic E-state index is 4.67. The Balaban J connectivity index is 2.25. The van der Waals surface area contributed by atoms with Crippen molar-refractivity contribution in [3.8, 4) is 5.82 Å². The van der Waals surface area contributed by atoms with Crippen molar-refractivity contribution in [1.82, 2.24) is 25.1 Å². The molecule has 0 bridgehead atoms. The Bertz CT molecular complexity index is 595. The zero-order valence-corrected chi connectivity index (χ0v) is 13.7. The third-order valence-electron chi connectivity index (χ3n) is 3.64. The van der Waals surface area contributed by atoms with E-state index in [-0.39, 0.29) is 0 Å². The first-order valence-corrected chi connectivity index (χ1v) is 7.61. The molecule has 2 rings (SSSR count). The predicted molar refractivity (Wildman–Crippen MR) is 85.0 cm³/mol. The predicted octanol–water partition coefficient (Wildman–Crippen LogP) is 2.44. The molecular weight excluding hydrogens is 262 g/mol. The molecule has 0 aliphatic rings. The standard InChI is InChI=1S/C16H25N5/c1-6-17-9-7-8-15-12(3)20-21(13(15)4)16-10-11(2)18-14(5)19-16/h10,17H,6-9H2,1-5H3. The van der Waals surface area contributed by atoms with Crippen LogP contribution in [-0.4, -0.2) is 32.8 Å². The SMILES string of the molecule is CCNCCCc1c(C)nn(-c2cc(C)nc(C)n2)c1C. The minimum absolute atomic E-state index is 0.784. The lowest BCUT2D eigenvalue weighted by molar-refractivity contribution is 0.670. The Kier molecular flexibility index (Phi) is 5.07. The summed E-state index contributed by atoms with van der Waals surface area (Å²) in [6, 6.07) is 1.98. The molecule has 0 aromatic carbocycles. The Morgan fingerprint density at radius 1 is 1.14 bits per heavy atom. The van der Waals surface area contributed by atoms with Gasteiger partial charge in [-0.05, 0) is 59.2 Å². The van der Waals surface area contributed by atoms with Gasteiger partial charge in [0.05, 0.1) is 5.69 Å². The summed E-state index contributed by atoms with van der Waals surface area (Å²) in [7, 11) is 0. The minimum atomic E-state index is 0.784. The monoisotopic (exact) mass is 287 g/mol. The minimum Gasteiger partial charge on any atom is -0.317 e. The number of nitrogens with one attached hydrogen (secondary N) is 1. The van der Waals surface area contributed by atoms with Gasteiger partial charge >= 0.3 is 0 Å². The molecule has 114 valence electrons. The number of rotatable bonds is 6. The van der Waals surface area contributed by atoms with Crippen molar-refractivity contribution < 1.29 is 0 Å². The fourth-order valence-electron chi connectivity index (χ4n) is 2.63. The van der Waals surface area contributed by atoms with Gasteiger partial charge in [0.15, 0.2) is 5.82 Å². The van der Waals surface area contributed by atoms with Gasteiger partial charge in [-0.15, -0.1) is 0 Å². The molecule has 0 aliphatic carbocycles. The highest BCUT2D eigenvalue weighted by Gasteiger charge is 2.13. The van der Waals surface area contributed by atoms with Crippen LogP contribution in [0.4, 0.5) is 0 Å². The Morgan fingerprint density at radius 3 is 2.57 bits per heavy atom. The second-order valence-electron chi connectivity index (χ2n) is 5.43. The highest BCUT2D eigenvalue weighted by Crippen LogP contribution is 2.18. The largest absolute Gasteiger partial charge is 0.317 e.